The average Bonchev–Trinajstić information content (AvgIpc) is 3.09. The zero-order valence-corrected chi connectivity index (χ0v) is 19.7. The monoisotopic (exact) mass is 503 g/mol. The topological polar surface area (TPSA) is 88.1 Å². The number of anilines is 3. The van der Waals surface area contributed by atoms with Gasteiger partial charge >= 0.3 is 6.18 Å². The Morgan fingerprint density at radius 1 is 0.973 bits per heavy atom. The fraction of sp³-hybridized carbons (Fsp3) is 0.148. The van der Waals surface area contributed by atoms with Gasteiger partial charge in [-0.25, -0.2) is 14.9 Å². The maximum atomic E-state index is 13.9. The SMILES string of the molecule is CC1(C)C(=O)N(c2ncccn2)c2cccc(-c3ccc(C(F)(F)F)c(C(=O)Nc4cccnc4)c3)c21. The molecule has 0 spiro atoms. The van der Waals surface area contributed by atoms with E-state index in [4.69, 9.17) is 0 Å². The van der Waals surface area contributed by atoms with E-state index in [1.807, 2.05) is 0 Å². The minimum absolute atomic E-state index is 0.195. The molecule has 2 aromatic heterocycles. The summed E-state index contributed by atoms with van der Waals surface area (Å²) in [7, 11) is 0. The van der Waals surface area contributed by atoms with Crippen molar-refractivity contribution in [2.45, 2.75) is 25.4 Å². The molecule has 5 rings (SSSR count). The predicted molar refractivity (Wildman–Crippen MR) is 131 cm³/mol. The second kappa shape index (κ2) is 8.81. The number of pyridine rings is 1. The van der Waals surface area contributed by atoms with Crippen LogP contribution in [0.5, 0.6) is 0 Å². The third-order valence-electron chi connectivity index (χ3n) is 6.20. The molecular formula is C27H20F3N5O2. The number of fused-ring (bicyclic) bond motifs is 1. The summed E-state index contributed by atoms with van der Waals surface area (Å²) in [5.74, 6) is -1.01. The molecule has 10 heteroatoms. The Morgan fingerprint density at radius 2 is 1.73 bits per heavy atom. The van der Waals surface area contributed by atoms with Crippen LogP contribution in [-0.2, 0) is 16.4 Å². The standard InChI is InChI=1S/C27H20F3N5O2/c1-26(2)22-18(7-3-8-21(22)35(24(26)37)25-32-12-5-13-33-25)16-9-10-20(27(28,29)30)19(14-16)23(36)34-17-6-4-11-31-15-17/h3-15H,1-2H3,(H,34,36). The zero-order chi connectivity index (χ0) is 26.4. The molecule has 1 aliphatic heterocycles. The Labute approximate surface area is 210 Å². The molecule has 0 bridgehead atoms. The van der Waals surface area contributed by atoms with E-state index >= 15 is 0 Å². The first-order valence-corrected chi connectivity index (χ1v) is 11.3. The van der Waals surface area contributed by atoms with Gasteiger partial charge in [-0.1, -0.05) is 18.2 Å². The Morgan fingerprint density at radius 3 is 2.41 bits per heavy atom. The van der Waals surface area contributed by atoms with Gasteiger partial charge < -0.3 is 5.32 Å². The van der Waals surface area contributed by atoms with Crippen LogP contribution in [0, 0.1) is 0 Å². The van der Waals surface area contributed by atoms with Crippen molar-refractivity contribution >= 4 is 29.1 Å². The summed E-state index contributed by atoms with van der Waals surface area (Å²) >= 11 is 0. The van der Waals surface area contributed by atoms with Gasteiger partial charge in [-0.15, -0.1) is 0 Å². The Bertz CT molecular complexity index is 1510. The summed E-state index contributed by atoms with van der Waals surface area (Å²) in [5, 5.41) is 2.47. The zero-order valence-electron chi connectivity index (χ0n) is 19.7. The molecule has 0 saturated heterocycles. The Balaban J connectivity index is 1.66. The molecule has 3 heterocycles. The number of carbonyl (C=O) groups excluding carboxylic acids is 2. The summed E-state index contributed by atoms with van der Waals surface area (Å²) in [6.45, 7) is 3.47. The molecule has 4 aromatic rings. The second-order valence-electron chi connectivity index (χ2n) is 8.97. The summed E-state index contributed by atoms with van der Waals surface area (Å²) in [6.07, 6.45) is 1.12. The summed E-state index contributed by atoms with van der Waals surface area (Å²) < 4.78 is 41.6. The highest BCUT2D eigenvalue weighted by Crippen LogP contribution is 2.49. The van der Waals surface area contributed by atoms with Gasteiger partial charge in [0.25, 0.3) is 5.91 Å². The lowest BCUT2D eigenvalue weighted by molar-refractivity contribution is -0.137. The molecular weight excluding hydrogens is 483 g/mol. The molecule has 1 aliphatic rings. The third kappa shape index (κ3) is 4.20. The van der Waals surface area contributed by atoms with E-state index in [2.05, 4.69) is 20.3 Å². The first-order valence-electron chi connectivity index (χ1n) is 11.3. The number of nitrogens with one attached hydrogen (secondary N) is 1. The summed E-state index contributed by atoms with van der Waals surface area (Å²) in [5.41, 5.74) is -0.373. The second-order valence-corrected chi connectivity index (χ2v) is 8.97. The van der Waals surface area contributed by atoms with Crippen LogP contribution in [0.1, 0.15) is 35.3 Å². The van der Waals surface area contributed by atoms with E-state index in [1.165, 1.54) is 47.9 Å². The van der Waals surface area contributed by atoms with Crippen LogP contribution in [-0.4, -0.2) is 26.8 Å². The molecule has 0 aliphatic carbocycles. The number of hydrogen-bond acceptors (Lipinski definition) is 5. The van der Waals surface area contributed by atoms with E-state index in [0.29, 0.717) is 22.4 Å². The molecule has 7 nitrogen and oxygen atoms in total. The van der Waals surface area contributed by atoms with Gasteiger partial charge in [-0.3, -0.25) is 14.6 Å². The minimum atomic E-state index is -4.75. The van der Waals surface area contributed by atoms with E-state index < -0.39 is 28.6 Å². The number of hydrogen-bond donors (Lipinski definition) is 1. The summed E-state index contributed by atoms with van der Waals surface area (Å²) in [4.78, 5) is 40.1. The fourth-order valence-electron chi connectivity index (χ4n) is 4.51. The molecule has 0 fully saturated rings. The highest BCUT2D eigenvalue weighted by Gasteiger charge is 2.47. The number of halogens is 3. The van der Waals surface area contributed by atoms with Crippen molar-refractivity contribution in [1.29, 1.82) is 0 Å². The maximum absolute atomic E-state index is 13.9. The average molecular weight is 503 g/mol. The quantitative estimate of drug-likeness (QED) is 0.382. The highest BCUT2D eigenvalue weighted by atomic mass is 19.4. The van der Waals surface area contributed by atoms with Crippen LogP contribution < -0.4 is 10.2 Å². The van der Waals surface area contributed by atoms with Crippen molar-refractivity contribution in [1.82, 2.24) is 15.0 Å². The maximum Gasteiger partial charge on any atom is 0.417 e. The smallest absolute Gasteiger partial charge is 0.321 e. The molecule has 0 radical (unpaired) electrons. The number of benzene rings is 2. The number of amides is 2. The third-order valence-corrected chi connectivity index (χ3v) is 6.20. The number of nitrogens with zero attached hydrogens (tertiary/aromatic N) is 4. The van der Waals surface area contributed by atoms with Gasteiger partial charge in [-0.05, 0) is 66.9 Å². The van der Waals surface area contributed by atoms with E-state index in [-0.39, 0.29) is 17.5 Å². The molecule has 0 atom stereocenters. The summed E-state index contributed by atoms with van der Waals surface area (Å²) in [6, 6.07) is 13.3. The van der Waals surface area contributed by atoms with Gasteiger partial charge in [0, 0.05) is 18.6 Å². The molecule has 186 valence electrons. The van der Waals surface area contributed by atoms with Crippen molar-refractivity contribution in [3.8, 4) is 11.1 Å². The van der Waals surface area contributed by atoms with Gasteiger partial charge in [0.1, 0.15) is 0 Å². The molecule has 1 N–H and O–H groups in total. The molecule has 2 amide bonds. The van der Waals surface area contributed by atoms with Crippen LogP contribution in [0.15, 0.2) is 79.4 Å². The molecule has 2 aromatic carbocycles. The van der Waals surface area contributed by atoms with E-state index in [9.17, 15) is 22.8 Å². The van der Waals surface area contributed by atoms with E-state index in [1.54, 1.807) is 44.2 Å². The van der Waals surface area contributed by atoms with Crippen molar-refractivity contribution in [2.24, 2.45) is 0 Å². The molecule has 0 saturated carbocycles. The normalized spacial score (nSPS) is 14.4. The number of carbonyl (C=O) groups is 2. The van der Waals surface area contributed by atoms with Gasteiger partial charge in [0.15, 0.2) is 0 Å². The Kier molecular flexibility index (Phi) is 5.74. The van der Waals surface area contributed by atoms with Crippen molar-refractivity contribution < 1.29 is 22.8 Å². The number of aromatic nitrogens is 3. The minimum Gasteiger partial charge on any atom is -0.321 e. The van der Waals surface area contributed by atoms with Crippen LogP contribution in [0.2, 0.25) is 0 Å². The van der Waals surface area contributed by atoms with E-state index in [0.717, 1.165) is 6.07 Å². The lowest BCUT2D eigenvalue weighted by Crippen LogP contribution is -2.34. The first-order chi connectivity index (χ1) is 17.6. The lowest BCUT2D eigenvalue weighted by Gasteiger charge is -2.20. The lowest BCUT2D eigenvalue weighted by atomic mass is 9.81. The van der Waals surface area contributed by atoms with Gasteiger partial charge in [0.05, 0.1) is 34.1 Å². The molecule has 37 heavy (non-hydrogen) atoms. The molecule has 0 unspecified atom stereocenters. The highest BCUT2D eigenvalue weighted by molar-refractivity contribution is 6.13. The van der Waals surface area contributed by atoms with Crippen LogP contribution >= 0.6 is 0 Å². The fourth-order valence-corrected chi connectivity index (χ4v) is 4.51. The van der Waals surface area contributed by atoms with Gasteiger partial charge in [0.2, 0.25) is 11.9 Å². The van der Waals surface area contributed by atoms with Crippen LogP contribution in [0.3, 0.4) is 0 Å². The van der Waals surface area contributed by atoms with Gasteiger partial charge in [-0.2, -0.15) is 13.2 Å². The van der Waals surface area contributed by atoms with Crippen molar-refractivity contribution in [3.63, 3.8) is 0 Å². The number of rotatable bonds is 4. The van der Waals surface area contributed by atoms with Crippen molar-refractivity contribution in [2.75, 3.05) is 10.2 Å². The van der Waals surface area contributed by atoms with Crippen molar-refractivity contribution in [3.05, 3.63) is 96.1 Å². The largest absolute Gasteiger partial charge is 0.417 e. The predicted octanol–water partition coefficient (Wildman–Crippen LogP) is 5.77. The first kappa shape index (κ1) is 24.1. The Hall–Kier alpha value is -4.60. The number of alkyl halides is 3. The van der Waals surface area contributed by atoms with Crippen LogP contribution in [0.25, 0.3) is 11.1 Å². The van der Waals surface area contributed by atoms with Crippen LogP contribution in [0.4, 0.5) is 30.5 Å².